The Labute approximate surface area is 285 Å². The highest BCUT2D eigenvalue weighted by Gasteiger charge is 2.70. The molecule has 5 aromatic carbocycles. The molecular formula is C47H32N2+2. The molecule has 228 valence electrons. The van der Waals surface area contributed by atoms with Crippen LogP contribution >= 0.6 is 0 Å². The van der Waals surface area contributed by atoms with Crippen molar-refractivity contribution < 1.29 is 9.13 Å². The van der Waals surface area contributed by atoms with Gasteiger partial charge in [0.05, 0.1) is 11.8 Å². The van der Waals surface area contributed by atoms with E-state index in [-0.39, 0.29) is 17.8 Å². The molecule has 2 nitrogen and oxygen atoms in total. The van der Waals surface area contributed by atoms with E-state index in [0.29, 0.717) is 0 Å². The van der Waals surface area contributed by atoms with Crippen LogP contribution in [0.5, 0.6) is 0 Å². The van der Waals surface area contributed by atoms with Crippen molar-refractivity contribution in [2.24, 2.45) is 0 Å². The largest absolute Gasteiger partial charge is 0.416 e. The van der Waals surface area contributed by atoms with Crippen molar-refractivity contribution in [2.75, 3.05) is 0 Å². The predicted octanol–water partition coefficient (Wildman–Crippen LogP) is 7.75. The second-order valence-electron chi connectivity index (χ2n) is 15.1. The van der Waals surface area contributed by atoms with Gasteiger partial charge in [-0.15, -0.1) is 9.13 Å². The van der Waals surface area contributed by atoms with Crippen LogP contribution in [0.3, 0.4) is 0 Å². The lowest BCUT2D eigenvalue weighted by atomic mass is 9.57. The van der Waals surface area contributed by atoms with E-state index >= 15 is 0 Å². The Morgan fingerprint density at radius 1 is 0.367 bits per heavy atom. The summed E-state index contributed by atoms with van der Waals surface area (Å²) in [6.45, 7) is 0. The standard InChI is InChI=1S/C47H32N2/c1-4-15-33-27(10-1)24-30-20-21-38-42-35-17-6-3-12-29(35)26-32-14-9-23-49(46(32)42)47-43-36(40(33)39(30)44(38)47)18-7-19-37(43)41-34-16-5-2-11-28(34)25-31-13-8-22-48(47)45(31)41/h1-23,40-42H,24-26H2/q+2. The molecule has 0 fully saturated rings. The van der Waals surface area contributed by atoms with Gasteiger partial charge in [-0.25, -0.2) is 0 Å². The third-order valence-electron chi connectivity index (χ3n) is 13.1. The lowest BCUT2D eigenvalue weighted by Gasteiger charge is -2.48. The summed E-state index contributed by atoms with van der Waals surface area (Å²) in [5, 5.41) is 0. The van der Waals surface area contributed by atoms with Crippen LogP contribution in [0.25, 0.3) is 0 Å². The quantitative estimate of drug-likeness (QED) is 0.153. The highest BCUT2D eigenvalue weighted by atomic mass is 15.3. The van der Waals surface area contributed by atoms with Crippen LogP contribution in [-0.4, -0.2) is 0 Å². The van der Waals surface area contributed by atoms with Crippen LogP contribution in [0.1, 0.15) is 113 Å². The monoisotopic (exact) mass is 624 g/mol. The summed E-state index contributed by atoms with van der Waals surface area (Å²) >= 11 is 0. The fourth-order valence-corrected chi connectivity index (χ4v) is 11.6. The Bertz CT molecular complexity index is 2620. The molecule has 2 heteroatoms. The molecular weight excluding hydrogens is 593 g/mol. The van der Waals surface area contributed by atoms with Crippen molar-refractivity contribution in [1.82, 2.24) is 0 Å². The summed E-state index contributed by atoms with van der Waals surface area (Å²) in [4.78, 5) is 0. The van der Waals surface area contributed by atoms with Gasteiger partial charge in [-0.05, 0) is 79.8 Å². The van der Waals surface area contributed by atoms with E-state index in [2.05, 4.69) is 149 Å². The maximum Gasteiger partial charge on any atom is 0.416 e. The molecule has 2 aliphatic heterocycles. The maximum atomic E-state index is 2.77. The van der Waals surface area contributed by atoms with Gasteiger partial charge in [0.25, 0.3) is 0 Å². The van der Waals surface area contributed by atoms with E-state index in [9.17, 15) is 0 Å². The molecule has 4 heterocycles. The zero-order chi connectivity index (χ0) is 31.6. The molecule has 1 spiro atoms. The lowest BCUT2D eigenvalue weighted by molar-refractivity contribution is -0.980. The molecule has 13 rings (SSSR count). The number of fused-ring (bicyclic) bond motifs is 9. The third-order valence-corrected chi connectivity index (χ3v) is 13.1. The van der Waals surface area contributed by atoms with Crippen molar-refractivity contribution in [1.29, 1.82) is 0 Å². The molecule has 0 N–H and O–H groups in total. The van der Waals surface area contributed by atoms with Gasteiger partial charge in [-0.1, -0.05) is 103 Å². The van der Waals surface area contributed by atoms with Crippen LogP contribution in [0.2, 0.25) is 0 Å². The van der Waals surface area contributed by atoms with E-state index in [4.69, 9.17) is 0 Å². The number of nitrogens with zero attached hydrogens (tertiary/aromatic N) is 2. The van der Waals surface area contributed by atoms with Crippen molar-refractivity contribution in [3.05, 3.63) is 235 Å². The minimum atomic E-state index is -0.530. The Balaban J connectivity index is 1.28. The molecule has 0 bridgehead atoms. The van der Waals surface area contributed by atoms with Crippen LogP contribution in [0, 0.1) is 0 Å². The van der Waals surface area contributed by atoms with Crippen LogP contribution in [-0.2, 0) is 24.9 Å². The van der Waals surface area contributed by atoms with Crippen LogP contribution in [0.15, 0.2) is 140 Å². The number of pyridine rings is 2. The van der Waals surface area contributed by atoms with Crippen LogP contribution < -0.4 is 9.13 Å². The zero-order valence-electron chi connectivity index (χ0n) is 27.0. The van der Waals surface area contributed by atoms with Crippen LogP contribution in [0.4, 0.5) is 0 Å². The van der Waals surface area contributed by atoms with Gasteiger partial charge in [0.2, 0.25) is 11.4 Å². The second-order valence-corrected chi connectivity index (χ2v) is 15.1. The first-order valence-corrected chi connectivity index (χ1v) is 17.9. The van der Waals surface area contributed by atoms with Gasteiger partial charge in [0.15, 0.2) is 12.4 Å². The first-order valence-electron chi connectivity index (χ1n) is 17.9. The summed E-state index contributed by atoms with van der Waals surface area (Å²) in [6.07, 6.45) is 7.79. The summed E-state index contributed by atoms with van der Waals surface area (Å²) in [5.74, 6) is 0.579. The average molecular weight is 625 g/mol. The first kappa shape index (κ1) is 25.4. The van der Waals surface area contributed by atoms with Crippen molar-refractivity contribution >= 4 is 0 Å². The Kier molecular flexibility index (Phi) is 4.42. The highest BCUT2D eigenvalue weighted by Crippen LogP contribution is 2.60. The minimum absolute atomic E-state index is 0.187. The van der Waals surface area contributed by atoms with E-state index in [1.807, 2.05) is 0 Å². The number of aromatic nitrogens is 2. The molecule has 6 aliphatic rings. The number of benzene rings is 5. The van der Waals surface area contributed by atoms with Gasteiger partial charge >= 0.3 is 5.66 Å². The highest BCUT2D eigenvalue weighted by molar-refractivity contribution is 5.72. The molecule has 2 aromatic heterocycles. The maximum absolute atomic E-state index is 2.77. The number of hydrogen-bond acceptors (Lipinski definition) is 0. The summed E-state index contributed by atoms with van der Waals surface area (Å²) in [6, 6.07) is 49.6. The molecule has 49 heavy (non-hydrogen) atoms. The summed E-state index contributed by atoms with van der Waals surface area (Å²) < 4.78 is 5.53. The second kappa shape index (κ2) is 8.51. The van der Waals surface area contributed by atoms with Gasteiger partial charge in [-0.3, -0.25) is 0 Å². The number of rotatable bonds is 0. The van der Waals surface area contributed by atoms with E-state index in [0.717, 1.165) is 19.3 Å². The van der Waals surface area contributed by atoms with Gasteiger partial charge in [0, 0.05) is 42.0 Å². The fourth-order valence-electron chi connectivity index (χ4n) is 11.6. The van der Waals surface area contributed by atoms with Crippen molar-refractivity contribution in [2.45, 2.75) is 42.7 Å². The van der Waals surface area contributed by atoms with E-state index < -0.39 is 5.66 Å². The van der Waals surface area contributed by atoms with Gasteiger partial charge in [0.1, 0.15) is 11.1 Å². The first-order chi connectivity index (χ1) is 24.3. The zero-order valence-corrected chi connectivity index (χ0v) is 27.0. The molecule has 0 amide bonds. The van der Waals surface area contributed by atoms with Crippen molar-refractivity contribution in [3.63, 3.8) is 0 Å². The Morgan fingerprint density at radius 3 is 1.41 bits per heavy atom. The molecule has 0 saturated heterocycles. The van der Waals surface area contributed by atoms with Crippen molar-refractivity contribution in [3.8, 4) is 0 Å². The Morgan fingerprint density at radius 2 is 0.816 bits per heavy atom. The Hall–Kier alpha value is -5.60. The predicted molar refractivity (Wildman–Crippen MR) is 188 cm³/mol. The van der Waals surface area contributed by atoms with E-state index in [1.165, 1.54) is 89.3 Å². The molecule has 0 radical (unpaired) electrons. The lowest BCUT2D eigenvalue weighted by Crippen LogP contribution is -2.81. The smallest absolute Gasteiger partial charge is 0.129 e. The molecule has 4 aliphatic carbocycles. The third kappa shape index (κ3) is 2.76. The molecule has 4 unspecified atom stereocenters. The van der Waals surface area contributed by atoms with Gasteiger partial charge < -0.3 is 0 Å². The molecule has 0 saturated carbocycles. The van der Waals surface area contributed by atoms with E-state index in [1.54, 1.807) is 5.56 Å². The average Bonchev–Trinajstić information content (AvgIpc) is 3.15. The SMILES string of the molecule is c1ccc2c(c1)Cc1ccc3c4c1C2c1cccc2c1C4([n+]1cccc4c1C2c1ccccc1C4)[n+]1cccc2c1C3c1ccccc1C2. The number of hydrogen-bond donors (Lipinski definition) is 0. The fraction of sp³-hybridized carbons (Fsp3) is 0.149. The minimum Gasteiger partial charge on any atom is -0.129 e. The summed E-state index contributed by atoms with van der Waals surface area (Å²) in [5.41, 5.74) is 24.6. The summed E-state index contributed by atoms with van der Waals surface area (Å²) in [7, 11) is 0. The molecule has 7 aromatic rings. The topological polar surface area (TPSA) is 7.76 Å². The molecule has 4 atom stereocenters. The van der Waals surface area contributed by atoms with Gasteiger partial charge in [-0.2, -0.15) is 0 Å². The normalized spacial score (nSPS) is 22.7.